The van der Waals surface area contributed by atoms with Crippen LogP contribution in [-0.4, -0.2) is 11.2 Å². The van der Waals surface area contributed by atoms with E-state index in [2.05, 4.69) is 69.0 Å². The standard InChI is InChI=1S/C24H24BrNO/c25-19-13-15-20(16-14-19)27-18-8-2-1-7-17-26-23-11-5-3-9-21(23)22-10-4-6-12-24(22)26/h3-6,9-16H,1-2,7-8,17-18H2. The minimum absolute atomic E-state index is 0.789. The molecule has 3 aromatic carbocycles. The van der Waals surface area contributed by atoms with Gasteiger partial charge in [-0.15, -0.1) is 0 Å². The smallest absolute Gasteiger partial charge is 0.119 e. The molecule has 27 heavy (non-hydrogen) atoms. The molecular weight excluding hydrogens is 398 g/mol. The van der Waals surface area contributed by atoms with E-state index in [-0.39, 0.29) is 0 Å². The molecule has 0 bridgehead atoms. The van der Waals surface area contributed by atoms with Gasteiger partial charge in [-0.1, -0.05) is 65.2 Å². The Hall–Kier alpha value is -2.26. The Morgan fingerprint density at radius 2 is 1.26 bits per heavy atom. The Bertz CT molecular complexity index is 966. The Kier molecular flexibility index (Phi) is 5.78. The summed E-state index contributed by atoms with van der Waals surface area (Å²) in [6.45, 7) is 1.86. The van der Waals surface area contributed by atoms with Crippen LogP contribution in [0.15, 0.2) is 77.3 Å². The highest BCUT2D eigenvalue weighted by molar-refractivity contribution is 9.10. The van der Waals surface area contributed by atoms with E-state index in [1.165, 1.54) is 41.1 Å². The predicted molar refractivity (Wildman–Crippen MR) is 118 cm³/mol. The van der Waals surface area contributed by atoms with Gasteiger partial charge < -0.3 is 9.30 Å². The molecule has 0 aliphatic heterocycles. The summed E-state index contributed by atoms with van der Waals surface area (Å²) in [5.41, 5.74) is 2.69. The maximum absolute atomic E-state index is 5.80. The molecule has 2 nitrogen and oxygen atoms in total. The summed E-state index contributed by atoms with van der Waals surface area (Å²) in [5, 5.41) is 2.71. The third-order valence-electron chi connectivity index (χ3n) is 5.04. The molecule has 3 heteroatoms. The largest absolute Gasteiger partial charge is 0.494 e. The maximum atomic E-state index is 5.80. The maximum Gasteiger partial charge on any atom is 0.119 e. The minimum Gasteiger partial charge on any atom is -0.494 e. The van der Waals surface area contributed by atoms with Crippen LogP contribution in [-0.2, 0) is 6.54 Å². The fourth-order valence-electron chi connectivity index (χ4n) is 3.69. The molecular formula is C24H24BrNO. The summed E-state index contributed by atoms with van der Waals surface area (Å²) in [4.78, 5) is 0. The number of nitrogens with zero attached hydrogens (tertiary/aromatic N) is 1. The van der Waals surface area contributed by atoms with E-state index in [0.717, 1.165) is 29.8 Å². The Labute approximate surface area is 168 Å². The number of aromatic nitrogens is 1. The normalized spacial score (nSPS) is 11.3. The second-order valence-electron chi connectivity index (χ2n) is 6.90. The molecule has 0 spiro atoms. The minimum atomic E-state index is 0.789. The topological polar surface area (TPSA) is 14.2 Å². The van der Waals surface area contributed by atoms with Crippen molar-refractivity contribution in [3.63, 3.8) is 0 Å². The van der Waals surface area contributed by atoms with Crippen molar-refractivity contribution in [3.05, 3.63) is 77.3 Å². The fraction of sp³-hybridized carbons (Fsp3) is 0.250. The van der Waals surface area contributed by atoms with Gasteiger partial charge in [-0.25, -0.2) is 0 Å². The number of hydrogen-bond acceptors (Lipinski definition) is 1. The van der Waals surface area contributed by atoms with Crippen molar-refractivity contribution < 1.29 is 4.74 Å². The van der Waals surface area contributed by atoms with Gasteiger partial charge in [-0.05, 0) is 49.2 Å². The highest BCUT2D eigenvalue weighted by atomic mass is 79.9. The van der Waals surface area contributed by atoms with Crippen LogP contribution in [0.3, 0.4) is 0 Å². The van der Waals surface area contributed by atoms with E-state index < -0.39 is 0 Å². The number of aryl methyl sites for hydroxylation is 1. The average Bonchev–Trinajstić information content (AvgIpc) is 3.03. The molecule has 0 N–H and O–H groups in total. The van der Waals surface area contributed by atoms with Crippen LogP contribution in [0, 0.1) is 0 Å². The zero-order valence-corrected chi connectivity index (χ0v) is 17.0. The summed E-state index contributed by atoms with van der Waals surface area (Å²) < 4.78 is 9.36. The van der Waals surface area contributed by atoms with Gasteiger partial charge in [-0.3, -0.25) is 0 Å². The van der Waals surface area contributed by atoms with E-state index in [9.17, 15) is 0 Å². The van der Waals surface area contributed by atoms with Gasteiger partial charge in [-0.2, -0.15) is 0 Å². The fourth-order valence-corrected chi connectivity index (χ4v) is 3.95. The predicted octanol–water partition coefficient (Wildman–Crippen LogP) is 7.20. The first-order valence-electron chi connectivity index (χ1n) is 9.67. The van der Waals surface area contributed by atoms with E-state index in [0.29, 0.717) is 0 Å². The lowest BCUT2D eigenvalue weighted by atomic mass is 10.2. The summed E-state index contributed by atoms with van der Waals surface area (Å²) in [6.07, 6.45) is 4.72. The molecule has 4 aromatic rings. The van der Waals surface area contributed by atoms with Gasteiger partial charge >= 0.3 is 0 Å². The third kappa shape index (κ3) is 4.19. The first-order valence-corrected chi connectivity index (χ1v) is 10.5. The number of hydrogen-bond donors (Lipinski definition) is 0. The van der Waals surface area contributed by atoms with Gasteiger partial charge in [0.2, 0.25) is 0 Å². The summed E-state index contributed by atoms with van der Waals surface area (Å²) >= 11 is 3.44. The molecule has 0 saturated heterocycles. The number of ether oxygens (including phenoxy) is 1. The Morgan fingerprint density at radius 3 is 1.93 bits per heavy atom. The van der Waals surface area contributed by atoms with Gasteiger partial charge in [0.15, 0.2) is 0 Å². The van der Waals surface area contributed by atoms with Crippen molar-refractivity contribution in [1.29, 1.82) is 0 Å². The van der Waals surface area contributed by atoms with Crippen molar-refractivity contribution in [2.75, 3.05) is 6.61 Å². The molecule has 4 rings (SSSR count). The molecule has 1 aromatic heterocycles. The van der Waals surface area contributed by atoms with E-state index in [4.69, 9.17) is 4.74 Å². The third-order valence-corrected chi connectivity index (χ3v) is 5.57. The van der Waals surface area contributed by atoms with Crippen LogP contribution >= 0.6 is 15.9 Å². The van der Waals surface area contributed by atoms with E-state index in [1.807, 2.05) is 24.3 Å². The lowest BCUT2D eigenvalue weighted by Crippen LogP contribution is -1.99. The average molecular weight is 422 g/mol. The molecule has 1 heterocycles. The van der Waals surface area contributed by atoms with Gasteiger partial charge in [0, 0.05) is 32.8 Å². The number of halogens is 1. The molecule has 0 amide bonds. The van der Waals surface area contributed by atoms with Gasteiger partial charge in [0.05, 0.1) is 6.61 Å². The molecule has 0 radical (unpaired) electrons. The van der Waals surface area contributed by atoms with Crippen LogP contribution < -0.4 is 4.74 Å². The zero-order chi connectivity index (χ0) is 18.5. The zero-order valence-electron chi connectivity index (χ0n) is 15.4. The van der Waals surface area contributed by atoms with Gasteiger partial charge in [0.25, 0.3) is 0 Å². The molecule has 0 saturated carbocycles. The first kappa shape index (κ1) is 18.1. The number of fused-ring (bicyclic) bond motifs is 3. The Balaban J connectivity index is 1.28. The van der Waals surface area contributed by atoms with Crippen molar-refractivity contribution in [2.45, 2.75) is 32.2 Å². The number of benzene rings is 3. The second kappa shape index (κ2) is 8.62. The van der Waals surface area contributed by atoms with E-state index >= 15 is 0 Å². The number of para-hydroxylation sites is 2. The lowest BCUT2D eigenvalue weighted by molar-refractivity contribution is 0.304. The molecule has 0 unspecified atom stereocenters. The SMILES string of the molecule is Brc1ccc(OCCCCCCn2c3ccccc3c3ccccc32)cc1. The summed E-state index contributed by atoms with van der Waals surface area (Å²) in [7, 11) is 0. The molecule has 0 atom stereocenters. The van der Waals surface area contributed by atoms with Crippen LogP contribution in [0.2, 0.25) is 0 Å². The number of rotatable bonds is 8. The second-order valence-corrected chi connectivity index (χ2v) is 7.82. The monoisotopic (exact) mass is 421 g/mol. The highest BCUT2D eigenvalue weighted by Crippen LogP contribution is 2.29. The number of unbranched alkanes of at least 4 members (excludes halogenated alkanes) is 3. The molecule has 0 aliphatic carbocycles. The van der Waals surface area contributed by atoms with Crippen LogP contribution in [0.25, 0.3) is 21.8 Å². The Morgan fingerprint density at radius 1 is 0.667 bits per heavy atom. The molecule has 138 valence electrons. The van der Waals surface area contributed by atoms with Crippen molar-refractivity contribution in [2.24, 2.45) is 0 Å². The molecule has 0 aliphatic rings. The lowest BCUT2D eigenvalue weighted by Gasteiger charge is -2.08. The van der Waals surface area contributed by atoms with Crippen LogP contribution in [0.5, 0.6) is 5.75 Å². The van der Waals surface area contributed by atoms with Crippen molar-refractivity contribution >= 4 is 37.7 Å². The van der Waals surface area contributed by atoms with Crippen molar-refractivity contribution in [3.8, 4) is 5.75 Å². The highest BCUT2D eigenvalue weighted by Gasteiger charge is 2.08. The quantitative estimate of drug-likeness (QED) is 0.274. The molecule has 0 fully saturated rings. The van der Waals surface area contributed by atoms with Crippen LogP contribution in [0.1, 0.15) is 25.7 Å². The van der Waals surface area contributed by atoms with Crippen molar-refractivity contribution in [1.82, 2.24) is 4.57 Å². The first-order chi connectivity index (χ1) is 13.3. The summed E-state index contributed by atoms with van der Waals surface area (Å²) in [6, 6.07) is 25.5. The summed E-state index contributed by atoms with van der Waals surface area (Å²) in [5.74, 6) is 0.948. The van der Waals surface area contributed by atoms with Gasteiger partial charge in [0.1, 0.15) is 5.75 Å². The van der Waals surface area contributed by atoms with E-state index in [1.54, 1.807) is 0 Å². The van der Waals surface area contributed by atoms with Crippen LogP contribution in [0.4, 0.5) is 0 Å².